The topological polar surface area (TPSA) is 89.2 Å². The molecule has 2 aromatic carbocycles. The number of carbonyl (C=O) groups is 1. The number of hydrogen-bond donors (Lipinski definition) is 1. The first-order valence-corrected chi connectivity index (χ1v) is 9.33. The minimum Gasteiger partial charge on any atom is -0.335 e. The van der Waals surface area contributed by atoms with E-state index in [1.807, 2.05) is 0 Å². The lowest BCUT2D eigenvalue weighted by Gasteiger charge is -2.27. The monoisotopic (exact) mass is 488 g/mol. The summed E-state index contributed by atoms with van der Waals surface area (Å²) < 4.78 is 85.3. The molecule has 0 radical (unpaired) electrons. The molecular weight excluding hydrogens is 478 g/mol. The molecule has 1 N–H and O–H groups in total. The van der Waals surface area contributed by atoms with Gasteiger partial charge in [-0.2, -0.15) is 36.9 Å². The van der Waals surface area contributed by atoms with Crippen molar-refractivity contribution in [3.8, 4) is 12.1 Å². The van der Waals surface area contributed by atoms with E-state index in [1.165, 1.54) is 24.3 Å². The van der Waals surface area contributed by atoms with Gasteiger partial charge in [0, 0.05) is 11.4 Å². The minimum atomic E-state index is -5.04. The van der Waals surface area contributed by atoms with Gasteiger partial charge in [0.2, 0.25) is 6.23 Å². The van der Waals surface area contributed by atoms with E-state index in [-0.39, 0.29) is 16.3 Å². The van der Waals surface area contributed by atoms with E-state index in [1.54, 1.807) is 6.07 Å². The summed E-state index contributed by atoms with van der Waals surface area (Å²) in [7, 11) is 0. The maximum absolute atomic E-state index is 13.6. The number of rotatable bonds is 3. The number of benzene rings is 2. The van der Waals surface area contributed by atoms with E-state index in [2.05, 4.69) is 5.32 Å². The van der Waals surface area contributed by atoms with Crippen molar-refractivity contribution in [1.82, 2.24) is 0 Å². The number of hydrogen-bond acceptors (Lipinski definition) is 5. The highest BCUT2D eigenvalue weighted by Crippen LogP contribution is 2.39. The lowest BCUT2D eigenvalue weighted by Crippen LogP contribution is -2.42. The molecular formula is C20H11ClF6N4O2. The highest BCUT2D eigenvalue weighted by atomic mass is 35.5. The summed E-state index contributed by atoms with van der Waals surface area (Å²) in [4.78, 5) is 13.0. The van der Waals surface area contributed by atoms with Gasteiger partial charge in [-0.15, -0.1) is 0 Å². The number of anilines is 2. The van der Waals surface area contributed by atoms with Crippen molar-refractivity contribution < 1.29 is 35.9 Å². The molecule has 0 aromatic heterocycles. The summed E-state index contributed by atoms with van der Waals surface area (Å²) in [6, 6.07) is 9.00. The number of carbonyl (C=O) groups excluding carboxylic acids is 1. The first kappa shape index (κ1) is 24.2. The van der Waals surface area contributed by atoms with E-state index in [0.29, 0.717) is 11.0 Å². The Bertz CT molecular complexity index is 1170. The van der Waals surface area contributed by atoms with Crippen LogP contribution < -0.4 is 10.2 Å². The van der Waals surface area contributed by atoms with E-state index in [9.17, 15) is 31.1 Å². The Kier molecular flexibility index (Phi) is 6.45. The van der Waals surface area contributed by atoms with Gasteiger partial charge in [0.25, 0.3) is 5.91 Å². The Morgan fingerprint density at radius 3 is 2.24 bits per heavy atom. The summed E-state index contributed by atoms with van der Waals surface area (Å²) in [6.07, 6.45) is -14.4. The molecule has 172 valence electrons. The molecule has 1 amide bonds. The number of amides is 1. The normalized spacial score (nSPS) is 18.5. The Hall–Kier alpha value is -3.48. The molecule has 0 spiro atoms. The van der Waals surface area contributed by atoms with Crippen LogP contribution in [0.15, 0.2) is 36.4 Å². The Morgan fingerprint density at radius 1 is 1.06 bits per heavy atom. The molecule has 1 fully saturated rings. The van der Waals surface area contributed by atoms with Crippen LogP contribution in [0.25, 0.3) is 0 Å². The minimum absolute atomic E-state index is 0.00491. The van der Waals surface area contributed by atoms with Gasteiger partial charge in [-0.1, -0.05) is 11.6 Å². The molecule has 1 heterocycles. The summed E-state index contributed by atoms with van der Waals surface area (Å²) >= 11 is 5.86. The lowest BCUT2D eigenvalue weighted by molar-refractivity contribution is -0.212. The van der Waals surface area contributed by atoms with Crippen LogP contribution in [0.4, 0.5) is 37.7 Å². The van der Waals surface area contributed by atoms with Gasteiger partial charge in [-0.05, 0) is 36.4 Å². The molecule has 0 bridgehead atoms. The van der Waals surface area contributed by atoms with E-state index in [0.717, 1.165) is 12.1 Å². The van der Waals surface area contributed by atoms with E-state index < -0.39 is 54.0 Å². The van der Waals surface area contributed by atoms with Crippen molar-refractivity contribution >= 4 is 28.9 Å². The van der Waals surface area contributed by atoms with Crippen LogP contribution in [0.2, 0.25) is 5.02 Å². The predicted molar refractivity (Wildman–Crippen MR) is 103 cm³/mol. The quantitative estimate of drug-likeness (QED) is 0.625. The predicted octanol–water partition coefficient (Wildman–Crippen LogP) is 4.83. The van der Waals surface area contributed by atoms with Gasteiger partial charge in [0.1, 0.15) is 6.07 Å². The smallest absolute Gasteiger partial charge is 0.335 e. The lowest BCUT2D eigenvalue weighted by atomic mass is 10.1. The van der Waals surface area contributed by atoms with Crippen molar-refractivity contribution in [2.75, 3.05) is 16.8 Å². The fourth-order valence-electron chi connectivity index (χ4n) is 3.14. The van der Waals surface area contributed by atoms with Gasteiger partial charge >= 0.3 is 12.4 Å². The van der Waals surface area contributed by atoms with Gasteiger partial charge in [-0.3, -0.25) is 4.79 Å². The molecule has 3 rings (SSSR count). The Morgan fingerprint density at radius 2 is 1.70 bits per heavy atom. The second kappa shape index (κ2) is 8.81. The fourth-order valence-corrected chi connectivity index (χ4v) is 3.36. The molecule has 33 heavy (non-hydrogen) atoms. The summed E-state index contributed by atoms with van der Waals surface area (Å²) in [5.74, 6) is -1.00. The number of nitriles is 2. The largest absolute Gasteiger partial charge is 0.433 e. The molecule has 1 aliphatic heterocycles. The molecule has 13 heteroatoms. The van der Waals surface area contributed by atoms with Crippen LogP contribution >= 0.6 is 11.6 Å². The second-order valence-corrected chi connectivity index (χ2v) is 7.21. The zero-order valence-corrected chi connectivity index (χ0v) is 16.9. The molecule has 2 aromatic rings. The van der Waals surface area contributed by atoms with Crippen molar-refractivity contribution in [1.29, 1.82) is 10.5 Å². The number of halogens is 7. The summed E-state index contributed by atoms with van der Waals surface area (Å²) in [5.41, 5.74) is -2.52. The summed E-state index contributed by atoms with van der Waals surface area (Å²) in [5, 5.41) is 20.0. The maximum atomic E-state index is 13.6. The Labute approximate surface area is 187 Å². The second-order valence-electron chi connectivity index (χ2n) is 6.81. The van der Waals surface area contributed by atoms with Crippen LogP contribution in [-0.4, -0.2) is 31.0 Å². The molecule has 6 nitrogen and oxygen atoms in total. The Balaban J connectivity index is 1.90. The SMILES string of the molecule is N#Cc1ccc(NC(=O)C2CN(c3ccc(C#N)c(C(F)(F)F)c3)C(C(F)(F)F)O2)cc1Cl. The third-order valence-corrected chi connectivity index (χ3v) is 4.94. The highest BCUT2D eigenvalue weighted by molar-refractivity contribution is 6.32. The van der Waals surface area contributed by atoms with Gasteiger partial charge < -0.3 is 15.0 Å². The third-order valence-electron chi connectivity index (χ3n) is 4.63. The third kappa shape index (κ3) is 5.13. The van der Waals surface area contributed by atoms with E-state index in [4.69, 9.17) is 26.9 Å². The fraction of sp³-hybridized carbons (Fsp3) is 0.250. The molecule has 0 aliphatic carbocycles. The van der Waals surface area contributed by atoms with Gasteiger partial charge in [-0.25, -0.2) is 0 Å². The van der Waals surface area contributed by atoms with Crippen molar-refractivity contribution in [3.63, 3.8) is 0 Å². The molecule has 1 aliphatic rings. The van der Waals surface area contributed by atoms with E-state index >= 15 is 0 Å². The molecule has 1 saturated heterocycles. The van der Waals surface area contributed by atoms with Crippen molar-refractivity contribution in [2.24, 2.45) is 0 Å². The number of ether oxygens (including phenoxy) is 1. The van der Waals surface area contributed by atoms with Crippen LogP contribution in [0.1, 0.15) is 16.7 Å². The van der Waals surface area contributed by atoms with Gasteiger partial charge in [0.05, 0.1) is 34.3 Å². The molecule has 2 unspecified atom stereocenters. The molecule has 2 atom stereocenters. The maximum Gasteiger partial charge on any atom is 0.433 e. The van der Waals surface area contributed by atoms with Crippen LogP contribution in [0.5, 0.6) is 0 Å². The zero-order valence-electron chi connectivity index (χ0n) is 16.1. The zero-order chi connectivity index (χ0) is 24.6. The number of nitrogens with zero attached hydrogens (tertiary/aromatic N) is 3. The number of nitrogens with one attached hydrogen (secondary N) is 1. The van der Waals surface area contributed by atoms with Crippen LogP contribution in [0, 0.1) is 22.7 Å². The standard InChI is InChI=1S/C20H11ClF6N4O2/c21-15-5-12(3-1-11(15)8-29)30-17(32)16-9-31(18(33-16)20(25,26)27)13-4-2-10(7-28)14(6-13)19(22,23)24/h1-6,16,18H,9H2,(H,30,32). The van der Waals surface area contributed by atoms with Crippen molar-refractivity contribution in [2.45, 2.75) is 24.7 Å². The average molecular weight is 489 g/mol. The number of alkyl halides is 6. The van der Waals surface area contributed by atoms with Crippen LogP contribution in [-0.2, 0) is 15.7 Å². The first-order chi connectivity index (χ1) is 15.3. The molecule has 0 saturated carbocycles. The van der Waals surface area contributed by atoms with Gasteiger partial charge in [0.15, 0.2) is 6.10 Å². The van der Waals surface area contributed by atoms with Crippen molar-refractivity contribution in [3.05, 3.63) is 58.1 Å². The van der Waals surface area contributed by atoms with Crippen LogP contribution in [0.3, 0.4) is 0 Å². The first-order valence-electron chi connectivity index (χ1n) is 8.96. The average Bonchev–Trinajstić information content (AvgIpc) is 3.19. The highest BCUT2D eigenvalue weighted by Gasteiger charge is 2.52. The summed E-state index contributed by atoms with van der Waals surface area (Å²) in [6.45, 7) is -0.719.